The van der Waals surface area contributed by atoms with Crippen molar-refractivity contribution in [1.29, 1.82) is 0 Å². The van der Waals surface area contributed by atoms with Crippen molar-refractivity contribution in [2.24, 2.45) is 0 Å². The highest BCUT2D eigenvalue weighted by molar-refractivity contribution is 7.13. The van der Waals surface area contributed by atoms with E-state index >= 15 is 0 Å². The molecule has 4 nitrogen and oxygen atoms in total. The SMILES string of the molecule is Nc1cc2nnsc2cc1N. The van der Waals surface area contributed by atoms with Crippen molar-refractivity contribution < 1.29 is 0 Å². The van der Waals surface area contributed by atoms with E-state index in [9.17, 15) is 0 Å². The molecule has 0 aliphatic carbocycles. The quantitative estimate of drug-likeness (QED) is 0.569. The van der Waals surface area contributed by atoms with Crippen LogP contribution in [0.1, 0.15) is 0 Å². The highest BCUT2D eigenvalue weighted by Gasteiger charge is 2.01. The van der Waals surface area contributed by atoms with Crippen LogP contribution < -0.4 is 11.5 Å². The molecule has 0 aliphatic heterocycles. The lowest BCUT2D eigenvalue weighted by Crippen LogP contribution is -1.93. The van der Waals surface area contributed by atoms with Gasteiger partial charge in [0.05, 0.1) is 16.1 Å². The molecular weight excluding hydrogens is 160 g/mol. The molecular formula is C6H6N4S. The van der Waals surface area contributed by atoms with Crippen LogP contribution in [-0.4, -0.2) is 9.59 Å². The van der Waals surface area contributed by atoms with E-state index in [0.717, 1.165) is 10.2 Å². The second-order valence-corrected chi connectivity index (χ2v) is 3.01. The number of benzene rings is 1. The fourth-order valence-electron chi connectivity index (χ4n) is 0.860. The first-order valence-corrected chi connectivity index (χ1v) is 3.82. The summed E-state index contributed by atoms with van der Waals surface area (Å²) in [7, 11) is 0. The summed E-state index contributed by atoms with van der Waals surface area (Å²) in [6.07, 6.45) is 0. The molecule has 4 N–H and O–H groups in total. The molecule has 0 bridgehead atoms. The van der Waals surface area contributed by atoms with Gasteiger partial charge < -0.3 is 11.5 Å². The number of anilines is 2. The van der Waals surface area contributed by atoms with Gasteiger partial charge >= 0.3 is 0 Å². The van der Waals surface area contributed by atoms with Crippen molar-refractivity contribution in [1.82, 2.24) is 9.59 Å². The summed E-state index contributed by atoms with van der Waals surface area (Å²) >= 11 is 1.31. The Bertz CT molecular complexity index is 358. The zero-order valence-electron chi connectivity index (χ0n) is 5.61. The Morgan fingerprint density at radius 2 is 1.91 bits per heavy atom. The van der Waals surface area contributed by atoms with E-state index in [1.54, 1.807) is 12.1 Å². The molecule has 0 saturated heterocycles. The van der Waals surface area contributed by atoms with E-state index in [1.807, 2.05) is 0 Å². The fraction of sp³-hybridized carbons (Fsp3) is 0. The molecule has 0 unspecified atom stereocenters. The molecule has 1 heterocycles. The highest BCUT2D eigenvalue weighted by atomic mass is 32.1. The Morgan fingerprint density at radius 1 is 1.18 bits per heavy atom. The Balaban J connectivity index is 2.86. The number of nitrogen functional groups attached to an aromatic ring is 2. The molecule has 0 radical (unpaired) electrons. The van der Waals surface area contributed by atoms with Crippen molar-refractivity contribution in [2.45, 2.75) is 0 Å². The number of nitrogens with two attached hydrogens (primary N) is 2. The Labute approximate surface area is 67.0 Å². The maximum Gasteiger partial charge on any atom is 0.108 e. The zero-order valence-corrected chi connectivity index (χ0v) is 6.43. The smallest absolute Gasteiger partial charge is 0.108 e. The van der Waals surface area contributed by atoms with E-state index < -0.39 is 0 Å². The van der Waals surface area contributed by atoms with Crippen LogP contribution in [0.2, 0.25) is 0 Å². The van der Waals surface area contributed by atoms with Gasteiger partial charge in [-0.1, -0.05) is 4.49 Å². The summed E-state index contributed by atoms with van der Waals surface area (Å²) in [4.78, 5) is 0. The minimum atomic E-state index is 0.560. The molecule has 1 aromatic carbocycles. The molecule has 0 atom stereocenters. The van der Waals surface area contributed by atoms with Crippen molar-refractivity contribution >= 4 is 33.1 Å². The van der Waals surface area contributed by atoms with Crippen molar-refractivity contribution in [2.75, 3.05) is 11.5 Å². The second kappa shape index (κ2) is 2.06. The Kier molecular flexibility index (Phi) is 1.19. The molecule has 5 heteroatoms. The maximum absolute atomic E-state index is 5.57. The summed E-state index contributed by atoms with van der Waals surface area (Å²) in [6, 6.07) is 3.52. The Hall–Kier alpha value is -1.36. The monoisotopic (exact) mass is 166 g/mol. The maximum atomic E-state index is 5.57. The van der Waals surface area contributed by atoms with Crippen LogP contribution in [0, 0.1) is 0 Å². The predicted molar refractivity (Wildman–Crippen MR) is 46.2 cm³/mol. The van der Waals surface area contributed by atoms with Gasteiger partial charge in [-0.3, -0.25) is 0 Å². The number of hydrogen-bond donors (Lipinski definition) is 2. The summed E-state index contributed by atoms with van der Waals surface area (Å²) in [5.41, 5.74) is 13.1. The lowest BCUT2D eigenvalue weighted by Gasteiger charge is -1.96. The minimum absolute atomic E-state index is 0.560. The van der Waals surface area contributed by atoms with Gasteiger partial charge in [-0.25, -0.2) is 0 Å². The number of hydrogen-bond acceptors (Lipinski definition) is 5. The summed E-state index contributed by atoms with van der Waals surface area (Å²) in [5, 5.41) is 3.85. The van der Waals surface area contributed by atoms with E-state index in [4.69, 9.17) is 11.5 Å². The molecule has 0 amide bonds. The summed E-state index contributed by atoms with van der Waals surface area (Å²) in [6.45, 7) is 0. The normalized spacial score (nSPS) is 10.5. The third kappa shape index (κ3) is 0.894. The number of rotatable bonds is 0. The molecule has 1 aromatic heterocycles. The molecule has 2 rings (SSSR count). The van der Waals surface area contributed by atoms with Crippen LogP contribution in [0.4, 0.5) is 11.4 Å². The van der Waals surface area contributed by atoms with E-state index in [2.05, 4.69) is 9.59 Å². The van der Waals surface area contributed by atoms with Crippen molar-refractivity contribution in [3.8, 4) is 0 Å². The van der Waals surface area contributed by atoms with Crippen molar-refractivity contribution in [3.05, 3.63) is 12.1 Å². The molecule has 11 heavy (non-hydrogen) atoms. The molecule has 0 aliphatic rings. The van der Waals surface area contributed by atoms with Gasteiger partial charge in [0, 0.05) is 0 Å². The van der Waals surface area contributed by atoms with Crippen LogP contribution in [0.3, 0.4) is 0 Å². The van der Waals surface area contributed by atoms with Crippen LogP contribution >= 0.6 is 11.5 Å². The van der Waals surface area contributed by atoms with E-state index in [-0.39, 0.29) is 0 Å². The average Bonchev–Trinajstić information content (AvgIpc) is 2.36. The number of nitrogens with zero attached hydrogens (tertiary/aromatic N) is 2. The standard InChI is InChI=1S/C6H6N4S/c7-3-1-5-6(2-4(3)8)11-10-9-5/h1-2H,7-8H2. The first-order valence-electron chi connectivity index (χ1n) is 3.04. The number of aromatic nitrogens is 2. The van der Waals surface area contributed by atoms with Gasteiger partial charge in [0.25, 0.3) is 0 Å². The van der Waals surface area contributed by atoms with Crippen molar-refractivity contribution in [3.63, 3.8) is 0 Å². The molecule has 0 spiro atoms. The fourth-order valence-corrected chi connectivity index (χ4v) is 1.45. The van der Waals surface area contributed by atoms with Gasteiger partial charge in [0.2, 0.25) is 0 Å². The van der Waals surface area contributed by atoms with E-state index in [1.165, 1.54) is 11.5 Å². The van der Waals surface area contributed by atoms with Gasteiger partial charge in [0.15, 0.2) is 0 Å². The van der Waals surface area contributed by atoms with Gasteiger partial charge in [-0.15, -0.1) is 5.10 Å². The Morgan fingerprint density at radius 3 is 2.73 bits per heavy atom. The van der Waals surface area contributed by atoms with Crippen LogP contribution in [-0.2, 0) is 0 Å². The first-order chi connectivity index (χ1) is 5.27. The zero-order chi connectivity index (χ0) is 7.84. The van der Waals surface area contributed by atoms with Gasteiger partial charge in [-0.05, 0) is 23.7 Å². The van der Waals surface area contributed by atoms with Gasteiger partial charge in [0.1, 0.15) is 5.52 Å². The lowest BCUT2D eigenvalue weighted by atomic mass is 10.2. The summed E-state index contributed by atoms with van der Waals surface area (Å²) in [5.74, 6) is 0. The van der Waals surface area contributed by atoms with Crippen LogP contribution in [0.5, 0.6) is 0 Å². The largest absolute Gasteiger partial charge is 0.397 e. The molecule has 0 fully saturated rings. The van der Waals surface area contributed by atoms with Crippen LogP contribution in [0.25, 0.3) is 10.2 Å². The van der Waals surface area contributed by atoms with Gasteiger partial charge in [-0.2, -0.15) is 0 Å². The number of fused-ring (bicyclic) bond motifs is 1. The summed E-state index contributed by atoms with van der Waals surface area (Å²) < 4.78 is 4.73. The van der Waals surface area contributed by atoms with E-state index in [0.29, 0.717) is 11.4 Å². The predicted octanol–water partition coefficient (Wildman–Crippen LogP) is 0.856. The third-order valence-corrected chi connectivity index (χ3v) is 2.14. The highest BCUT2D eigenvalue weighted by Crippen LogP contribution is 2.23. The topological polar surface area (TPSA) is 77.8 Å². The minimum Gasteiger partial charge on any atom is -0.397 e. The first kappa shape index (κ1) is 6.36. The van der Waals surface area contributed by atoms with Crippen LogP contribution in [0.15, 0.2) is 12.1 Å². The molecule has 0 saturated carbocycles. The third-order valence-electron chi connectivity index (χ3n) is 1.45. The second-order valence-electron chi connectivity index (χ2n) is 2.22. The molecule has 56 valence electrons. The lowest BCUT2D eigenvalue weighted by molar-refractivity contribution is 1.20. The molecule has 2 aromatic rings. The average molecular weight is 166 g/mol.